The van der Waals surface area contributed by atoms with Gasteiger partial charge in [-0.25, -0.2) is 9.59 Å². The van der Waals surface area contributed by atoms with Gasteiger partial charge in [0.05, 0.1) is 0 Å². The minimum Gasteiger partial charge on any atom is -0.444 e. The highest BCUT2D eigenvalue weighted by atomic mass is 16.6. The van der Waals surface area contributed by atoms with Gasteiger partial charge in [0, 0.05) is 57.9 Å². The van der Waals surface area contributed by atoms with Crippen LogP contribution in [0.2, 0.25) is 0 Å². The van der Waals surface area contributed by atoms with E-state index in [-0.39, 0.29) is 48.8 Å². The van der Waals surface area contributed by atoms with Gasteiger partial charge in [-0.2, -0.15) is 0 Å². The zero-order chi connectivity index (χ0) is 48.0. The Hall–Kier alpha value is -5.67. The molecule has 2 aromatic carbocycles. The van der Waals surface area contributed by atoms with Crippen molar-refractivity contribution in [1.82, 2.24) is 36.4 Å². The van der Waals surface area contributed by atoms with Gasteiger partial charge in [-0.3, -0.25) is 24.0 Å². The lowest BCUT2D eigenvalue weighted by Gasteiger charge is -2.30. The predicted molar refractivity (Wildman–Crippen MR) is 247 cm³/mol. The van der Waals surface area contributed by atoms with Crippen LogP contribution in [0, 0.1) is 11.3 Å². The molecule has 2 heterocycles. The highest BCUT2D eigenvalue weighted by Gasteiger charge is 2.46. The number of benzene rings is 2. The summed E-state index contributed by atoms with van der Waals surface area (Å²) in [6.45, 7) is 18.3. The summed E-state index contributed by atoms with van der Waals surface area (Å²) in [5, 5.41) is 14.2. The fourth-order valence-electron chi connectivity index (χ4n) is 8.20. The summed E-state index contributed by atoms with van der Waals surface area (Å²) < 4.78 is 10.8. The Kier molecular flexibility index (Phi) is 18.8. The van der Waals surface area contributed by atoms with Crippen molar-refractivity contribution in [1.29, 1.82) is 0 Å². The monoisotopic (exact) mass is 904 g/mol. The van der Waals surface area contributed by atoms with E-state index in [9.17, 15) is 33.6 Å². The van der Waals surface area contributed by atoms with Crippen LogP contribution in [0.25, 0.3) is 0 Å². The van der Waals surface area contributed by atoms with E-state index in [0.717, 1.165) is 24.0 Å². The second-order valence-corrected chi connectivity index (χ2v) is 20.0. The fraction of sp³-hybridized carbons (Fsp3) is 0.612. The molecule has 2 aliphatic heterocycles. The Balaban J connectivity index is 1.55. The maximum absolute atomic E-state index is 14.4. The number of rotatable bonds is 19. The number of nitrogens with zero attached hydrogens (tertiary/aromatic N) is 2. The smallest absolute Gasteiger partial charge is 0.408 e. The van der Waals surface area contributed by atoms with E-state index >= 15 is 0 Å². The third-order valence-corrected chi connectivity index (χ3v) is 11.4. The summed E-state index contributed by atoms with van der Waals surface area (Å²) in [4.78, 5) is 98.4. The highest BCUT2D eigenvalue weighted by Crippen LogP contribution is 2.39. The first-order valence-electron chi connectivity index (χ1n) is 23.0. The number of carbonyl (C=O) groups is 7. The molecule has 2 fully saturated rings. The first-order chi connectivity index (χ1) is 30.5. The Morgan fingerprint density at radius 1 is 0.615 bits per heavy atom. The summed E-state index contributed by atoms with van der Waals surface area (Å²) in [6, 6.07) is 14.0. The first kappa shape index (κ1) is 52.0. The second-order valence-electron chi connectivity index (χ2n) is 20.0. The molecule has 1 spiro atoms. The van der Waals surface area contributed by atoms with E-state index in [1.807, 2.05) is 79.4 Å². The molecule has 5 atom stereocenters. The molecular weight excluding hydrogens is 831 g/mol. The van der Waals surface area contributed by atoms with E-state index in [0.29, 0.717) is 45.6 Å². The van der Waals surface area contributed by atoms with Crippen LogP contribution in [0.15, 0.2) is 60.7 Å². The number of unbranched alkanes of at least 4 members (excludes halogenated alkanes) is 1. The molecule has 5 N–H and O–H groups in total. The molecule has 2 aliphatic rings. The average molecular weight is 904 g/mol. The molecule has 358 valence electrons. The van der Waals surface area contributed by atoms with E-state index in [1.165, 1.54) is 0 Å². The molecule has 16 nitrogen and oxygen atoms in total. The molecule has 0 radical (unpaired) electrons. The summed E-state index contributed by atoms with van der Waals surface area (Å²) >= 11 is 0. The Bertz CT molecular complexity index is 1930. The van der Waals surface area contributed by atoms with Crippen LogP contribution in [0.3, 0.4) is 0 Å². The second kappa shape index (κ2) is 23.5. The lowest BCUT2D eigenvalue weighted by Crippen LogP contribution is -2.59. The van der Waals surface area contributed by atoms with Crippen molar-refractivity contribution in [3.63, 3.8) is 0 Å². The van der Waals surface area contributed by atoms with Crippen LogP contribution in [0.1, 0.15) is 112 Å². The molecule has 4 rings (SSSR count). The fourth-order valence-corrected chi connectivity index (χ4v) is 8.20. The topological polar surface area (TPSA) is 205 Å². The molecule has 5 unspecified atom stereocenters. The number of hydrogen-bond acceptors (Lipinski definition) is 9. The molecule has 2 aromatic rings. The summed E-state index contributed by atoms with van der Waals surface area (Å²) in [6.07, 6.45) is 1.88. The lowest BCUT2D eigenvalue weighted by atomic mass is 9.86. The highest BCUT2D eigenvalue weighted by molar-refractivity contribution is 5.95. The van der Waals surface area contributed by atoms with Crippen molar-refractivity contribution in [2.24, 2.45) is 11.3 Å². The molecular formula is C49H73N7O9. The van der Waals surface area contributed by atoms with Crippen LogP contribution < -0.4 is 26.6 Å². The molecule has 0 aromatic heterocycles. The van der Waals surface area contributed by atoms with Gasteiger partial charge < -0.3 is 45.9 Å². The maximum atomic E-state index is 14.4. The van der Waals surface area contributed by atoms with Gasteiger partial charge in [-0.1, -0.05) is 74.5 Å². The van der Waals surface area contributed by atoms with Gasteiger partial charge in [-0.05, 0) is 97.1 Å². The van der Waals surface area contributed by atoms with Crippen molar-refractivity contribution in [2.75, 3.05) is 32.7 Å². The summed E-state index contributed by atoms with van der Waals surface area (Å²) in [7, 11) is 0. The Morgan fingerprint density at radius 2 is 1.08 bits per heavy atom. The normalized spacial score (nSPS) is 18.0. The number of alkyl carbamates (subject to hydrolysis) is 2. The van der Waals surface area contributed by atoms with Crippen LogP contribution in [0.5, 0.6) is 0 Å². The Labute approximate surface area is 385 Å². The first-order valence-corrected chi connectivity index (χ1v) is 23.0. The SMILES string of the molecule is CC(=O)N1CCC2(CCN(C(=O)C(CCCCNC(=O)OC(C)(C)C)NC(=O)C(CC(C)C)NC(=O)C(Cc3ccccc3)NC(=O)C(Cc3ccccc3)NC(=O)OC(C)(C)C)C2)C1. The molecule has 0 aliphatic carbocycles. The van der Waals surface area contributed by atoms with Crippen molar-refractivity contribution in [3.05, 3.63) is 71.8 Å². The van der Waals surface area contributed by atoms with Crippen LogP contribution >= 0.6 is 0 Å². The number of nitrogens with one attached hydrogen (secondary N) is 5. The standard InChI is InChI=1S/C49H73N7O9/c1-33(2)28-38(41(58)51-37(22-16-17-25-50-45(62)64-47(4,5)6)44(61)56-27-24-49(32-56)23-26-55(31-49)34(3)57)52-42(59)39(29-35-18-12-10-13-19-35)53-43(60)40(30-36-20-14-11-15-21-36)54-46(63)65-48(7,8)9/h10-15,18-21,33,37-40H,16-17,22-32H2,1-9H3,(H,50,62)(H,51,58)(H,52,59)(H,53,60)(H,54,63). The van der Waals surface area contributed by atoms with E-state index in [4.69, 9.17) is 9.47 Å². The van der Waals surface area contributed by atoms with Gasteiger partial charge in [0.15, 0.2) is 0 Å². The maximum Gasteiger partial charge on any atom is 0.408 e. The van der Waals surface area contributed by atoms with E-state index in [1.54, 1.807) is 53.4 Å². The van der Waals surface area contributed by atoms with Gasteiger partial charge in [-0.15, -0.1) is 0 Å². The molecule has 0 saturated carbocycles. The zero-order valence-electron chi connectivity index (χ0n) is 39.9. The average Bonchev–Trinajstić information content (AvgIpc) is 3.84. The minimum absolute atomic E-state index is 0.00469. The van der Waals surface area contributed by atoms with Crippen LogP contribution in [-0.2, 0) is 46.3 Å². The third-order valence-electron chi connectivity index (χ3n) is 11.4. The van der Waals surface area contributed by atoms with Crippen molar-refractivity contribution < 1.29 is 43.0 Å². The van der Waals surface area contributed by atoms with Crippen LogP contribution in [-0.4, -0.2) is 120 Å². The Morgan fingerprint density at radius 3 is 1.58 bits per heavy atom. The van der Waals surface area contributed by atoms with Gasteiger partial charge in [0.1, 0.15) is 35.4 Å². The minimum atomic E-state index is -1.16. The van der Waals surface area contributed by atoms with Gasteiger partial charge >= 0.3 is 12.2 Å². The third kappa shape index (κ3) is 17.7. The van der Waals surface area contributed by atoms with Crippen molar-refractivity contribution in [3.8, 4) is 0 Å². The van der Waals surface area contributed by atoms with Gasteiger partial charge in [0.2, 0.25) is 29.5 Å². The lowest BCUT2D eigenvalue weighted by molar-refractivity contribution is -0.137. The molecule has 16 heteroatoms. The largest absolute Gasteiger partial charge is 0.444 e. The predicted octanol–water partition coefficient (Wildman–Crippen LogP) is 5.03. The van der Waals surface area contributed by atoms with E-state index in [2.05, 4.69) is 26.6 Å². The van der Waals surface area contributed by atoms with E-state index < -0.39 is 65.3 Å². The van der Waals surface area contributed by atoms with Crippen molar-refractivity contribution >= 4 is 41.7 Å². The number of ether oxygens (including phenoxy) is 2. The zero-order valence-corrected chi connectivity index (χ0v) is 39.9. The number of carbonyl (C=O) groups excluding carboxylic acids is 7. The van der Waals surface area contributed by atoms with Crippen LogP contribution in [0.4, 0.5) is 9.59 Å². The van der Waals surface area contributed by atoms with Crippen molar-refractivity contribution in [2.45, 2.75) is 149 Å². The molecule has 7 amide bonds. The number of likely N-dealkylation sites (tertiary alicyclic amines) is 2. The molecule has 2 saturated heterocycles. The van der Waals surface area contributed by atoms with Gasteiger partial charge in [0.25, 0.3) is 0 Å². The number of amides is 7. The number of hydrogen-bond donors (Lipinski definition) is 5. The molecule has 65 heavy (non-hydrogen) atoms. The summed E-state index contributed by atoms with van der Waals surface area (Å²) in [5.41, 5.74) is -0.162. The quantitative estimate of drug-likeness (QED) is 0.120. The molecule has 0 bridgehead atoms. The summed E-state index contributed by atoms with van der Waals surface area (Å²) in [5.74, 6) is -2.09.